The van der Waals surface area contributed by atoms with E-state index in [-0.39, 0.29) is 24.8 Å². The molecule has 0 radical (unpaired) electrons. The van der Waals surface area contributed by atoms with Gasteiger partial charge in [0.25, 0.3) is 0 Å². The van der Waals surface area contributed by atoms with E-state index in [0.717, 1.165) is 39.0 Å². The highest BCUT2D eigenvalue weighted by molar-refractivity contribution is 5.85. The first-order valence-corrected chi connectivity index (χ1v) is 7.04. The predicted molar refractivity (Wildman–Crippen MR) is 87.0 cm³/mol. The maximum Gasteiger partial charge on any atom is 0.222 e. The van der Waals surface area contributed by atoms with Crippen molar-refractivity contribution >= 4 is 30.7 Å². The summed E-state index contributed by atoms with van der Waals surface area (Å²) in [6, 6.07) is 0. The molecule has 0 aromatic carbocycles. The first-order chi connectivity index (χ1) is 9.29. The van der Waals surface area contributed by atoms with E-state index >= 15 is 0 Å². The lowest BCUT2D eigenvalue weighted by atomic mass is 9.97. The van der Waals surface area contributed by atoms with Gasteiger partial charge in [-0.2, -0.15) is 5.10 Å². The molecule has 1 aromatic rings. The Bertz CT molecular complexity index is 388. The van der Waals surface area contributed by atoms with Crippen molar-refractivity contribution < 1.29 is 4.79 Å². The smallest absolute Gasteiger partial charge is 0.222 e. The summed E-state index contributed by atoms with van der Waals surface area (Å²) in [7, 11) is 1.92. The third kappa shape index (κ3) is 6.63. The molecule has 21 heavy (non-hydrogen) atoms. The van der Waals surface area contributed by atoms with Crippen LogP contribution < -0.4 is 5.32 Å². The lowest BCUT2D eigenvalue weighted by Crippen LogP contribution is -2.41. The van der Waals surface area contributed by atoms with Crippen molar-refractivity contribution in [2.75, 3.05) is 26.7 Å². The second-order valence-electron chi connectivity index (χ2n) is 5.17. The predicted octanol–water partition coefficient (Wildman–Crippen LogP) is 1.36. The number of nitrogens with one attached hydrogen (secondary N) is 1. The molecule has 6 nitrogen and oxygen atoms in total. The zero-order chi connectivity index (χ0) is 13.5. The molecule has 0 aliphatic carbocycles. The van der Waals surface area contributed by atoms with Crippen molar-refractivity contribution in [3.8, 4) is 0 Å². The van der Waals surface area contributed by atoms with E-state index in [1.54, 1.807) is 12.7 Å². The van der Waals surface area contributed by atoms with Crippen LogP contribution in [-0.4, -0.2) is 52.3 Å². The van der Waals surface area contributed by atoms with E-state index in [1.165, 1.54) is 6.42 Å². The molecule has 2 heterocycles. The van der Waals surface area contributed by atoms with Crippen LogP contribution in [0.2, 0.25) is 0 Å². The molecule has 1 fully saturated rings. The number of carbonyl (C=O) groups excluding carboxylic acids is 1. The van der Waals surface area contributed by atoms with Crippen LogP contribution >= 0.6 is 24.8 Å². The van der Waals surface area contributed by atoms with E-state index in [2.05, 4.69) is 15.4 Å². The average Bonchev–Trinajstić information content (AvgIpc) is 2.92. The molecule has 8 heteroatoms. The van der Waals surface area contributed by atoms with E-state index in [4.69, 9.17) is 0 Å². The van der Waals surface area contributed by atoms with Gasteiger partial charge in [-0.05, 0) is 38.8 Å². The van der Waals surface area contributed by atoms with Crippen molar-refractivity contribution in [3.63, 3.8) is 0 Å². The summed E-state index contributed by atoms with van der Waals surface area (Å²) in [5.74, 6) is 0.794. The summed E-state index contributed by atoms with van der Waals surface area (Å²) >= 11 is 0. The van der Waals surface area contributed by atoms with Crippen LogP contribution in [0.4, 0.5) is 0 Å². The number of aromatic nitrogens is 3. The lowest BCUT2D eigenvalue weighted by Gasteiger charge is -2.32. The minimum absolute atomic E-state index is 0. The molecule has 0 saturated carbocycles. The van der Waals surface area contributed by atoms with Crippen LogP contribution in [0.25, 0.3) is 0 Å². The molecular formula is C13H25Cl2N5O. The molecule has 0 spiro atoms. The van der Waals surface area contributed by atoms with Gasteiger partial charge in [0.2, 0.25) is 5.91 Å². The molecule has 1 amide bonds. The van der Waals surface area contributed by atoms with Crippen molar-refractivity contribution in [1.29, 1.82) is 0 Å². The highest BCUT2D eigenvalue weighted by Gasteiger charge is 2.23. The Morgan fingerprint density at radius 2 is 2.24 bits per heavy atom. The van der Waals surface area contributed by atoms with Gasteiger partial charge in [-0.3, -0.25) is 9.48 Å². The third-order valence-corrected chi connectivity index (χ3v) is 3.60. The molecular weight excluding hydrogens is 313 g/mol. The number of carbonyl (C=O) groups is 1. The first kappa shape index (κ1) is 20.1. The topological polar surface area (TPSA) is 63.1 Å². The van der Waals surface area contributed by atoms with Gasteiger partial charge in [-0.15, -0.1) is 24.8 Å². The zero-order valence-corrected chi connectivity index (χ0v) is 14.0. The van der Waals surface area contributed by atoms with Gasteiger partial charge in [-0.25, -0.2) is 4.98 Å². The fourth-order valence-corrected chi connectivity index (χ4v) is 2.61. The standard InChI is InChI=1S/C13H23N5O.2ClH/c1-14-6-2-5-13(19)17-7-3-4-12(8-17)9-18-11-15-10-16-18;;/h10-12,14H,2-9H2,1H3;2*1H. The SMILES string of the molecule is CNCCCC(=O)N1CCCC(Cn2cncn2)C1.Cl.Cl. The lowest BCUT2D eigenvalue weighted by molar-refractivity contribution is -0.133. The molecule has 0 bridgehead atoms. The minimum atomic E-state index is 0. The molecule has 1 aromatic heterocycles. The number of hydrogen-bond donors (Lipinski definition) is 1. The van der Waals surface area contributed by atoms with Crippen LogP contribution in [0.15, 0.2) is 12.7 Å². The van der Waals surface area contributed by atoms with Gasteiger partial charge in [0.1, 0.15) is 12.7 Å². The Morgan fingerprint density at radius 1 is 1.43 bits per heavy atom. The summed E-state index contributed by atoms with van der Waals surface area (Å²) in [5.41, 5.74) is 0. The van der Waals surface area contributed by atoms with Crippen molar-refractivity contribution in [2.24, 2.45) is 5.92 Å². The summed E-state index contributed by atoms with van der Waals surface area (Å²) in [4.78, 5) is 18.1. The van der Waals surface area contributed by atoms with E-state index in [9.17, 15) is 4.79 Å². The Labute approximate surface area is 138 Å². The summed E-state index contributed by atoms with van der Waals surface area (Å²) in [5, 5.41) is 7.21. The van der Waals surface area contributed by atoms with Crippen molar-refractivity contribution in [3.05, 3.63) is 12.7 Å². The van der Waals surface area contributed by atoms with Crippen molar-refractivity contribution in [1.82, 2.24) is 25.0 Å². The van der Waals surface area contributed by atoms with Crippen LogP contribution in [0.5, 0.6) is 0 Å². The molecule has 1 aliphatic heterocycles. The van der Waals surface area contributed by atoms with Gasteiger partial charge < -0.3 is 10.2 Å². The second-order valence-corrected chi connectivity index (χ2v) is 5.17. The molecule has 1 saturated heterocycles. The van der Waals surface area contributed by atoms with E-state index in [0.29, 0.717) is 18.2 Å². The monoisotopic (exact) mass is 337 g/mol. The second kappa shape index (κ2) is 10.8. The normalized spacial score (nSPS) is 17.8. The number of hydrogen-bond acceptors (Lipinski definition) is 4. The van der Waals surface area contributed by atoms with Crippen LogP contribution in [0, 0.1) is 5.92 Å². The largest absolute Gasteiger partial charge is 0.342 e. The summed E-state index contributed by atoms with van der Waals surface area (Å²) in [6.45, 7) is 3.53. The van der Waals surface area contributed by atoms with Crippen molar-refractivity contribution in [2.45, 2.75) is 32.2 Å². The first-order valence-electron chi connectivity index (χ1n) is 7.04. The fourth-order valence-electron chi connectivity index (χ4n) is 2.61. The van der Waals surface area contributed by atoms with Gasteiger partial charge in [0.15, 0.2) is 0 Å². The van der Waals surface area contributed by atoms with E-state index < -0.39 is 0 Å². The van der Waals surface area contributed by atoms with Gasteiger partial charge >= 0.3 is 0 Å². The van der Waals surface area contributed by atoms with Gasteiger partial charge in [-0.1, -0.05) is 0 Å². The average molecular weight is 338 g/mol. The van der Waals surface area contributed by atoms with Crippen LogP contribution in [0.1, 0.15) is 25.7 Å². The quantitative estimate of drug-likeness (QED) is 0.796. The summed E-state index contributed by atoms with van der Waals surface area (Å²) < 4.78 is 1.86. The summed E-state index contributed by atoms with van der Waals surface area (Å²) in [6.07, 6.45) is 7.13. The Balaban J connectivity index is 0.00000200. The Morgan fingerprint density at radius 3 is 2.90 bits per heavy atom. The van der Waals surface area contributed by atoms with Crippen LogP contribution in [-0.2, 0) is 11.3 Å². The molecule has 2 rings (SSSR count). The highest BCUT2D eigenvalue weighted by atomic mass is 35.5. The van der Waals surface area contributed by atoms with E-state index in [1.807, 2.05) is 16.6 Å². The third-order valence-electron chi connectivity index (χ3n) is 3.60. The Hall–Kier alpha value is -0.850. The fraction of sp³-hybridized carbons (Fsp3) is 0.769. The molecule has 1 unspecified atom stereocenters. The van der Waals surface area contributed by atoms with Gasteiger partial charge in [0.05, 0.1) is 0 Å². The molecule has 1 aliphatic rings. The van der Waals surface area contributed by atoms with Crippen LogP contribution in [0.3, 0.4) is 0 Å². The number of piperidine rings is 1. The maximum absolute atomic E-state index is 12.1. The number of halogens is 2. The number of likely N-dealkylation sites (tertiary alicyclic amines) is 1. The zero-order valence-electron chi connectivity index (χ0n) is 12.4. The molecule has 1 atom stereocenters. The Kier molecular flexibility index (Phi) is 10.4. The maximum atomic E-state index is 12.1. The molecule has 122 valence electrons. The molecule has 1 N–H and O–H groups in total. The minimum Gasteiger partial charge on any atom is -0.342 e. The number of rotatable bonds is 6. The number of nitrogens with zero attached hydrogens (tertiary/aromatic N) is 4. The van der Waals surface area contributed by atoms with Gasteiger partial charge in [0, 0.05) is 26.1 Å². The number of amides is 1. The highest BCUT2D eigenvalue weighted by Crippen LogP contribution is 2.18.